The van der Waals surface area contributed by atoms with Crippen LogP contribution in [-0.2, 0) is 0 Å². The quantitative estimate of drug-likeness (QED) is 0.687. The Morgan fingerprint density at radius 3 is 2.23 bits per heavy atom. The van der Waals surface area contributed by atoms with Crippen molar-refractivity contribution in [2.45, 2.75) is 26.8 Å². The van der Waals surface area contributed by atoms with Crippen molar-refractivity contribution in [1.29, 1.82) is 0 Å². The first-order valence-corrected chi connectivity index (χ1v) is 4.52. The third-order valence-electron chi connectivity index (χ3n) is 2.50. The Morgan fingerprint density at radius 2 is 1.69 bits per heavy atom. The molecule has 0 bridgehead atoms. The molecule has 0 radical (unpaired) electrons. The van der Waals surface area contributed by atoms with Crippen LogP contribution in [0.15, 0.2) is 24.8 Å². The molecule has 0 aliphatic carbocycles. The van der Waals surface area contributed by atoms with Gasteiger partial charge in [0.05, 0.1) is 0 Å². The summed E-state index contributed by atoms with van der Waals surface area (Å²) in [5.74, 6) is 0. The number of aryl methyl sites for hydroxylation is 3. The normalized spacial score (nSPS) is 12.6. The number of hydrogen-bond acceptors (Lipinski definition) is 1. The van der Waals surface area contributed by atoms with Crippen LogP contribution in [0.4, 0.5) is 0 Å². The van der Waals surface area contributed by atoms with Crippen molar-refractivity contribution in [3.63, 3.8) is 0 Å². The molecule has 0 saturated heterocycles. The molecular formula is C12H17N. The molecule has 0 saturated carbocycles. The summed E-state index contributed by atoms with van der Waals surface area (Å²) in [7, 11) is 0. The van der Waals surface area contributed by atoms with E-state index >= 15 is 0 Å². The first-order chi connectivity index (χ1) is 6.06. The van der Waals surface area contributed by atoms with Crippen LogP contribution >= 0.6 is 0 Å². The summed E-state index contributed by atoms with van der Waals surface area (Å²) in [6, 6.07) is 4.28. The molecule has 0 heterocycles. The zero-order chi connectivity index (χ0) is 10.0. The van der Waals surface area contributed by atoms with Crippen LogP contribution in [0.3, 0.4) is 0 Å². The van der Waals surface area contributed by atoms with Crippen LogP contribution in [0.25, 0.3) is 0 Å². The minimum Gasteiger partial charge on any atom is -0.321 e. The molecule has 0 fully saturated rings. The highest BCUT2D eigenvalue weighted by Crippen LogP contribution is 2.20. The molecule has 1 aromatic carbocycles. The Morgan fingerprint density at radius 1 is 1.15 bits per heavy atom. The minimum atomic E-state index is -0.0423. The van der Waals surface area contributed by atoms with E-state index in [1.165, 1.54) is 22.3 Å². The smallest absolute Gasteiger partial charge is 0.0481 e. The summed E-state index contributed by atoms with van der Waals surface area (Å²) in [6.45, 7) is 10.0. The van der Waals surface area contributed by atoms with Gasteiger partial charge in [0.15, 0.2) is 0 Å². The lowest BCUT2D eigenvalue weighted by Gasteiger charge is -2.13. The van der Waals surface area contributed by atoms with Gasteiger partial charge in [-0.2, -0.15) is 0 Å². The Kier molecular flexibility index (Phi) is 2.89. The average Bonchev–Trinajstić information content (AvgIpc) is 2.10. The fraction of sp³-hybridized carbons (Fsp3) is 0.333. The molecule has 0 aromatic heterocycles. The Balaban J connectivity index is 3.22. The molecule has 2 N–H and O–H groups in total. The first kappa shape index (κ1) is 10.0. The molecule has 0 aliphatic rings. The van der Waals surface area contributed by atoms with E-state index in [-0.39, 0.29) is 6.04 Å². The molecule has 1 nitrogen and oxygen atoms in total. The molecule has 70 valence electrons. The van der Waals surface area contributed by atoms with Crippen LogP contribution in [-0.4, -0.2) is 0 Å². The van der Waals surface area contributed by atoms with Crippen LogP contribution < -0.4 is 5.73 Å². The fourth-order valence-electron chi connectivity index (χ4n) is 1.47. The van der Waals surface area contributed by atoms with Gasteiger partial charge in [0, 0.05) is 6.04 Å². The van der Waals surface area contributed by atoms with Gasteiger partial charge in [-0.1, -0.05) is 18.2 Å². The minimum absolute atomic E-state index is 0.0423. The van der Waals surface area contributed by atoms with Gasteiger partial charge in [0.2, 0.25) is 0 Å². The third kappa shape index (κ3) is 1.99. The second kappa shape index (κ2) is 3.75. The van der Waals surface area contributed by atoms with Crippen LogP contribution in [0, 0.1) is 20.8 Å². The number of benzene rings is 1. The summed E-state index contributed by atoms with van der Waals surface area (Å²) in [5.41, 5.74) is 10.9. The maximum absolute atomic E-state index is 5.90. The highest BCUT2D eigenvalue weighted by Gasteiger charge is 2.06. The first-order valence-electron chi connectivity index (χ1n) is 4.52. The number of nitrogens with two attached hydrogens (primary N) is 1. The molecule has 1 heteroatoms. The highest BCUT2D eigenvalue weighted by atomic mass is 14.6. The van der Waals surface area contributed by atoms with Crippen LogP contribution in [0.2, 0.25) is 0 Å². The van der Waals surface area contributed by atoms with Crippen LogP contribution in [0.1, 0.15) is 28.3 Å². The van der Waals surface area contributed by atoms with E-state index in [9.17, 15) is 0 Å². The van der Waals surface area contributed by atoms with E-state index < -0.39 is 0 Å². The standard InChI is InChI=1S/C12H17N/c1-5-12(13)11-7-9(3)8(2)6-10(11)4/h5-7,12H,1,13H2,2-4H3. The van der Waals surface area contributed by atoms with Gasteiger partial charge < -0.3 is 5.73 Å². The lowest BCUT2D eigenvalue weighted by Crippen LogP contribution is -2.08. The SMILES string of the molecule is C=CC(N)c1cc(C)c(C)cc1C. The monoisotopic (exact) mass is 175 g/mol. The maximum Gasteiger partial charge on any atom is 0.0481 e. The molecule has 1 unspecified atom stereocenters. The summed E-state index contributed by atoms with van der Waals surface area (Å²) >= 11 is 0. The van der Waals surface area contributed by atoms with Gasteiger partial charge in [-0.3, -0.25) is 0 Å². The summed E-state index contributed by atoms with van der Waals surface area (Å²) in [4.78, 5) is 0. The molecule has 0 aliphatic heterocycles. The van der Waals surface area contributed by atoms with E-state index in [4.69, 9.17) is 5.73 Å². The summed E-state index contributed by atoms with van der Waals surface area (Å²) < 4.78 is 0. The predicted molar refractivity (Wildman–Crippen MR) is 57.8 cm³/mol. The molecule has 1 aromatic rings. The highest BCUT2D eigenvalue weighted by molar-refractivity contribution is 5.39. The Bertz CT molecular complexity index is 326. The van der Waals surface area contributed by atoms with E-state index in [1.807, 2.05) is 0 Å². The Labute approximate surface area is 80.3 Å². The lowest BCUT2D eigenvalue weighted by molar-refractivity contribution is 0.898. The van der Waals surface area contributed by atoms with Crippen molar-refractivity contribution < 1.29 is 0 Å². The lowest BCUT2D eigenvalue weighted by atomic mass is 9.96. The Hall–Kier alpha value is -1.08. The van der Waals surface area contributed by atoms with E-state index in [1.54, 1.807) is 6.08 Å². The number of hydrogen-bond donors (Lipinski definition) is 1. The largest absolute Gasteiger partial charge is 0.321 e. The van der Waals surface area contributed by atoms with Gasteiger partial charge in [-0.25, -0.2) is 0 Å². The average molecular weight is 175 g/mol. The van der Waals surface area contributed by atoms with E-state index in [0.717, 1.165) is 0 Å². The second-order valence-electron chi connectivity index (χ2n) is 3.55. The van der Waals surface area contributed by atoms with Crippen molar-refractivity contribution in [2.75, 3.05) is 0 Å². The zero-order valence-corrected chi connectivity index (χ0v) is 8.59. The van der Waals surface area contributed by atoms with Gasteiger partial charge >= 0.3 is 0 Å². The van der Waals surface area contributed by atoms with Crippen molar-refractivity contribution in [2.24, 2.45) is 5.73 Å². The third-order valence-corrected chi connectivity index (χ3v) is 2.50. The topological polar surface area (TPSA) is 26.0 Å². The molecule has 13 heavy (non-hydrogen) atoms. The number of rotatable bonds is 2. The van der Waals surface area contributed by atoms with Crippen molar-refractivity contribution >= 4 is 0 Å². The van der Waals surface area contributed by atoms with Crippen LogP contribution in [0.5, 0.6) is 0 Å². The van der Waals surface area contributed by atoms with Gasteiger partial charge in [-0.15, -0.1) is 6.58 Å². The van der Waals surface area contributed by atoms with Gasteiger partial charge in [0.25, 0.3) is 0 Å². The molecular weight excluding hydrogens is 158 g/mol. The maximum atomic E-state index is 5.90. The molecule has 1 rings (SSSR count). The summed E-state index contributed by atoms with van der Waals surface area (Å²) in [6.07, 6.45) is 1.77. The van der Waals surface area contributed by atoms with Crippen molar-refractivity contribution in [3.8, 4) is 0 Å². The van der Waals surface area contributed by atoms with Crippen molar-refractivity contribution in [1.82, 2.24) is 0 Å². The van der Waals surface area contributed by atoms with Gasteiger partial charge in [-0.05, 0) is 43.0 Å². The second-order valence-corrected chi connectivity index (χ2v) is 3.55. The molecule has 0 spiro atoms. The van der Waals surface area contributed by atoms with Crippen molar-refractivity contribution in [3.05, 3.63) is 47.0 Å². The fourth-order valence-corrected chi connectivity index (χ4v) is 1.47. The molecule has 1 atom stereocenters. The van der Waals surface area contributed by atoms with Gasteiger partial charge in [0.1, 0.15) is 0 Å². The van der Waals surface area contributed by atoms with E-state index in [0.29, 0.717) is 0 Å². The zero-order valence-electron chi connectivity index (χ0n) is 8.59. The van der Waals surface area contributed by atoms with E-state index in [2.05, 4.69) is 39.5 Å². The predicted octanol–water partition coefficient (Wildman–Crippen LogP) is 2.80. The molecule has 0 amide bonds. The summed E-state index contributed by atoms with van der Waals surface area (Å²) in [5, 5.41) is 0.